The molecule has 1 atom stereocenters. The van der Waals surface area contributed by atoms with E-state index in [-0.39, 0.29) is 0 Å². The number of hydrogen-bond donors (Lipinski definition) is 2. The molecule has 0 aliphatic rings. The Morgan fingerprint density at radius 1 is 1.35 bits per heavy atom. The number of benzene rings is 1. The molecule has 0 saturated carbocycles. The van der Waals surface area contributed by atoms with Crippen LogP contribution < -0.4 is 5.32 Å². The molecule has 0 spiro atoms. The van der Waals surface area contributed by atoms with Crippen molar-refractivity contribution in [2.24, 2.45) is 0 Å². The van der Waals surface area contributed by atoms with E-state index in [1.54, 1.807) is 16.9 Å². The third-order valence-corrected chi connectivity index (χ3v) is 3.06. The summed E-state index contributed by atoms with van der Waals surface area (Å²) in [4.78, 5) is 13.0. The fourth-order valence-corrected chi connectivity index (χ4v) is 1.96. The smallest absolute Gasteiger partial charge is 0.325 e. The zero-order chi connectivity index (χ0) is 14.5. The Morgan fingerprint density at radius 3 is 2.60 bits per heavy atom. The second-order valence-corrected chi connectivity index (χ2v) is 4.48. The normalized spacial score (nSPS) is 12.3. The molecule has 0 bridgehead atoms. The van der Waals surface area contributed by atoms with Crippen LogP contribution in [0, 0.1) is 6.92 Å². The van der Waals surface area contributed by atoms with Gasteiger partial charge in [0.25, 0.3) is 0 Å². The van der Waals surface area contributed by atoms with Crippen molar-refractivity contribution >= 4 is 5.97 Å². The average molecular weight is 274 g/mol. The second kappa shape index (κ2) is 6.29. The highest BCUT2D eigenvalue weighted by molar-refractivity contribution is 5.75. The van der Waals surface area contributed by atoms with Crippen LogP contribution in [0.25, 0.3) is 0 Å². The van der Waals surface area contributed by atoms with Gasteiger partial charge in [0.1, 0.15) is 6.04 Å². The van der Waals surface area contributed by atoms with Gasteiger partial charge in [-0.15, -0.1) is 0 Å². The van der Waals surface area contributed by atoms with Crippen LogP contribution in [0.2, 0.25) is 0 Å². The summed E-state index contributed by atoms with van der Waals surface area (Å²) in [6.07, 6.45) is 0. The van der Waals surface area contributed by atoms with Gasteiger partial charge in [-0.3, -0.25) is 10.1 Å². The molecule has 0 aliphatic heterocycles. The van der Waals surface area contributed by atoms with Crippen LogP contribution in [0.1, 0.15) is 29.9 Å². The summed E-state index contributed by atoms with van der Waals surface area (Å²) in [5, 5.41) is 20.9. The Labute approximate surface area is 117 Å². The van der Waals surface area contributed by atoms with E-state index in [1.165, 1.54) is 0 Å². The van der Waals surface area contributed by atoms with Gasteiger partial charge in [0.2, 0.25) is 0 Å². The number of carboxylic acids is 1. The van der Waals surface area contributed by atoms with Crippen molar-refractivity contribution < 1.29 is 9.90 Å². The lowest BCUT2D eigenvalue weighted by Gasteiger charge is -2.13. The highest BCUT2D eigenvalue weighted by Crippen LogP contribution is 2.13. The van der Waals surface area contributed by atoms with Crippen LogP contribution in [-0.4, -0.2) is 26.1 Å². The van der Waals surface area contributed by atoms with Gasteiger partial charge in [0, 0.05) is 6.54 Å². The Kier molecular flexibility index (Phi) is 4.47. The topological polar surface area (TPSA) is 80.0 Å². The first-order valence-corrected chi connectivity index (χ1v) is 6.53. The summed E-state index contributed by atoms with van der Waals surface area (Å²) < 4.78 is 0. The van der Waals surface area contributed by atoms with Gasteiger partial charge < -0.3 is 5.11 Å². The summed E-state index contributed by atoms with van der Waals surface area (Å²) in [7, 11) is 0. The molecule has 2 rings (SSSR count). The van der Waals surface area contributed by atoms with Gasteiger partial charge in [-0.05, 0) is 19.4 Å². The number of aryl methyl sites for hydroxylation is 2. The van der Waals surface area contributed by atoms with Crippen LogP contribution in [0.4, 0.5) is 0 Å². The second-order valence-electron chi connectivity index (χ2n) is 4.48. The predicted octanol–water partition coefficient (Wildman–Crippen LogP) is 1.52. The van der Waals surface area contributed by atoms with Crippen molar-refractivity contribution in [3.8, 4) is 0 Å². The number of hydrogen-bond acceptors (Lipinski definition) is 4. The van der Waals surface area contributed by atoms with E-state index in [2.05, 4.69) is 15.5 Å². The van der Waals surface area contributed by atoms with Gasteiger partial charge in [-0.25, -0.2) is 0 Å². The maximum Gasteiger partial charge on any atom is 0.325 e. The van der Waals surface area contributed by atoms with E-state index in [9.17, 15) is 9.90 Å². The van der Waals surface area contributed by atoms with E-state index in [0.29, 0.717) is 13.1 Å². The summed E-state index contributed by atoms with van der Waals surface area (Å²) in [5.74, 6) is -0.906. The largest absolute Gasteiger partial charge is 0.480 e. The molecule has 2 N–H and O–H groups in total. The predicted molar refractivity (Wildman–Crippen MR) is 74.1 cm³/mol. The number of rotatable bonds is 6. The highest BCUT2D eigenvalue weighted by Gasteiger charge is 2.19. The fourth-order valence-electron chi connectivity index (χ4n) is 1.96. The lowest BCUT2D eigenvalue weighted by molar-refractivity contribution is -0.139. The summed E-state index contributed by atoms with van der Waals surface area (Å²) in [6, 6.07) is 8.35. The van der Waals surface area contributed by atoms with Crippen molar-refractivity contribution in [1.29, 1.82) is 0 Å². The average Bonchev–Trinajstić information content (AvgIpc) is 2.81. The Morgan fingerprint density at radius 2 is 2.05 bits per heavy atom. The maximum absolute atomic E-state index is 11.4. The Bertz CT molecular complexity index is 580. The lowest BCUT2D eigenvalue weighted by Crippen LogP contribution is -2.28. The molecule has 2 aromatic rings. The van der Waals surface area contributed by atoms with E-state index < -0.39 is 12.0 Å². The van der Waals surface area contributed by atoms with Crippen molar-refractivity contribution in [3.05, 3.63) is 47.3 Å². The van der Waals surface area contributed by atoms with Crippen LogP contribution >= 0.6 is 0 Å². The third-order valence-electron chi connectivity index (χ3n) is 3.06. The number of aromatic nitrogens is 3. The van der Waals surface area contributed by atoms with Gasteiger partial charge in [0.15, 0.2) is 0 Å². The molecular formula is C14H18N4O2. The first kappa shape index (κ1) is 14.2. The zero-order valence-electron chi connectivity index (χ0n) is 11.6. The van der Waals surface area contributed by atoms with Gasteiger partial charge in [-0.2, -0.15) is 15.0 Å². The molecule has 6 heteroatoms. The molecule has 1 heterocycles. The quantitative estimate of drug-likeness (QED) is 0.835. The first-order valence-electron chi connectivity index (χ1n) is 6.53. The lowest BCUT2D eigenvalue weighted by atomic mass is 10.1. The number of nitrogens with one attached hydrogen (secondary N) is 1. The zero-order valence-corrected chi connectivity index (χ0v) is 11.6. The minimum absolute atomic E-state index is 0.373. The van der Waals surface area contributed by atoms with Crippen LogP contribution in [0.3, 0.4) is 0 Å². The Balaban J connectivity index is 2.10. The van der Waals surface area contributed by atoms with Gasteiger partial charge >= 0.3 is 5.97 Å². The van der Waals surface area contributed by atoms with E-state index in [1.807, 2.05) is 32.0 Å². The number of carbonyl (C=O) groups is 1. The number of carboxylic acid groups (broad SMARTS) is 1. The molecule has 0 amide bonds. The van der Waals surface area contributed by atoms with Crippen molar-refractivity contribution in [1.82, 2.24) is 20.3 Å². The molecule has 1 aromatic carbocycles. The Hall–Kier alpha value is -2.21. The van der Waals surface area contributed by atoms with E-state index in [4.69, 9.17) is 0 Å². The molecule has 0 radical (unpaired) electrons. The van der Waals surface area contributed by atoms with Crippen molar-refractivity contribution in [2.45, 2.75) is 33.0 Å². The van der Waals surface area contributed by atoms with Crippen molar-refractivity contribution in [3.63, 3.8) is 0 Å². The van der Waals surface area contributed by atoms with Crippen molar-refractivity contribution in [2.75, 3.05) is 0 Å². The van der Waals surface area contributed by atoms with Gasteiger partial charge in [-0.1, -0.05) is 30.3 Å². The van der Waals surface area contributed by atoms with Crippen LogP contribution in [0.5, 0.6) is 0 Å². The molecule has 0 aliphatic carbocycles. The molecule has 0 fully saturated rings. The highest BCUT2D eigenvalue weighted by atomic mass is 16.4. The van der Waals surface area contributed by atoms with E-state index in [0.717, 1.165) is 17.0 Å². The number of nitrogens with zero attached hydrogens (tertiary/aromatic N) is 3. The van der Waals surface area contributed by atoms with Crippen LogP contribution in [0.15, 0.2) is 30.3 Å². The SMILES string of the molecule is CCn1nc(C)c(CN[C@@H](C(=O)O)c2ccccc2)n1. The van der Waals surface area contributed by atoms with Gasteiger partial charge in [0.05, 0.1) is 17.9 Å². The molecular weight excluding hydrogens is 256 g/mol. The fraction of sp³-hybridized carbons (Fsp3) is 0.357. The van der Waals surface area contributed by atoms with Crippen LogP contribution in [-0.2, 0) is 17.9 Å². The maximum atomic E-state index is 11.4. The molecule has 0 saturated heterocycles. The summed E-state index contributed by atoms with van der Waals surface area (Å²) in [6.45, 7) is 4.90. The standard InChI is InChI=1S/C14H18N4O2/c1-3-18-16-10(2)12(17-18)9-15-13(14(19)20)11-7-5-4-6-8-11/h4-8,13,15H,3,9H2,1-2H3,(H,19,20)/t13-/m1/s1. The molecule has 0 unspecified atom stereocenters. The van der Waals surface area contributed by atoms with E-state index >= 15 is 0 Å². The minimum Gasteiger partial charge on any atom is -0.480 e. The third kappa shape index (κ3) is 3.21. The first-order chi connectivity index (χ1) is 9.61. The molecule has 1 aromatic heterocycles. The monoisotopic (exact) mass is 274 g/mol. The molecule has 6 nitrogen and oxygen atoms in total. The molecule has 20 heavy (non-hydrogen) atoms. The summed E-state index contributed by atoms with van der Waals surface area (Å²) >= 11 is 0. The minimum atomic E-state index is -0.906. The summed E-state index contributed by atoms with van der Waals surface area (Å²) in [5.41, 5.74) is 2.31. The number of aliphatic carboxylic acids is 1. The molecule has 106 valence electrons.